The maximum atomic E-state index is 12.4. The number of carboxylic acid groups (broad SMARTS) is 1. The van der Waals surface area contributed by atoms with Crippen LogP contribution in [0.1, 0.15) is 26.3 Å². The van der Waals surface area contributed by atoms with Crippen LogP contribution in [-0.4, -0.2) is 28.3 Å². The van der Waals surface area contributed by atoms with E-state index < -0.39 is 18.2 Å². The van der Waals surface area contributed by atoms with Gasteiger partial charge in [-0.1, -0.05) is 23.7 Å². The van der Waals surface area contributed by atoms with Gasteiger partial charge >= 0.3 is 12.3 Å². The number of carboxylic acids is 1. The largest absolute Gasteiger partial charge is 0.573 e. The van der Waals surface area contributed by atoms with E-state index >= 15 is 0 Å². The van der Waals surface area contributed by atoms with Gasteiger partial charge in [-0.2, -0.15) is 0 Å². The Morgan fingerprint density at radius 3 is 2.56 bits per heavy atom. The van der Waals surface area contributed by atoms with Gasteiger partial charge in [0.25, 0.3) is 5.91 Å². The number of aromatic carboxylic acids is 1. The molecule has 32 heavy (non-hydrogen) atoms. The first-order valence-electron chi connectivity index (χ1n) is 8.88. The number of amides is 1. The Balaban J connectivity index is 1.67. The van der Waals surface area contributed by atoms with Gasteiger partial charge in [-0.25, -0.2) is 4.79 Å². The van der Waals surface area contributed by atoms with Crippen LogP contribution in [0.15, 0.2) is 60.9 Å². The molecule has 0 saturated heterocycles. The molecule has 0 saturated carbocycles. The second-order valence-corrected chi connectivity index (χ2v) is 6.72. The average molecular weight is 467 g/mol. The molecule has 3 aromatic rings. The van der Waals surface area contributed by atoms with E-state index in [1.165, 1.54) is 48.7 Å². The second kappa shape index (κ2) is 9.56. The van der Waals surface area contributed by atoms with Crippen molar-refractivity contribution in [1.29, 1.82) is 0 Å². The molecule has 2 N–H and O–H groups in total. The predicted octanol–water partition coefficient (Wildman–Crippen LogP) is 5.16. The predicted molar refractivity (Wildman–Crippen MR) is 108 cm³/mol. The van der Waals surface area contributed by atoms with Crippen LogP contribution in [0.25, 0.3) is 0 Å². The highest BCUT2D eigenvalue weighted by Gasteiger charge is 2.31. The Bertz CT molecular complexity index is 1150. The van der Waals surface area contributed by atoms with E-state index in [1.54, 1.807) is 6.07 Å². The third-order valence-electron chi connectivity index (χ3n) is 4.01. The Morgan fingerprint density at radius 2 is 1.88 bits per heavy atom. The lowest BCUT2D eigenvalue weighted by molar-refractivity contribution is -0.274. The number of pyridine rings is 1. The summed E-state index contributed by atoms with van der Waals surface area (Å²) in [6.07, 6.45) is -2.41. The Labute approximate surface area is 184 Å². The van der Waals surface area contributed by atoms with Gasteiger partial charge in [0, 0.05) is 18.1 Å². The molecule has 0 aliphatic carbocycles. The van der Waals surface area contributed by atoms with Crippen molar-refractivity contribution >= 4 is 29.2 Å². The van der Waals surface area contributed by atoms with Crippen LogP contribution in [0.3, 0.4) is 0 Å². The van der Waals surface area contributed by atoms with Crippen LogP contribution in [0.4, 0.5) is 18.9 Å². The molecule has 0 aliphatic heterocycles. The van der Waals surface area contributed by atoms with Gasteiger partial charge in [-0.15, -0.1) is 13.2 Å². The highest BCUT2D eigenvalue weighted by molar-refractivity contribution is 6.32. The summed E-state index contributed by atoms with van der Waals surface area (Å²) in [5, 5.41) is 11.8. The van der Waals surface area contributed by atoms with Gasteiger partial charge in [0.05, 0.1) is 16.1 Å². The molecule has 0 atom stereocenters. The van der Waals surface area contributed by atoms with Crippen molar-refractivity contribution < 1.29 is 37.3 Å². The molecular formula is C21H14ClF3N2O5. The summed E-state index contributed by atoms with van der Waals surface area (Å²) in [7, 11) is 0. The number of aromatic nitrogens is 1. The van der Waals surface area contributed by atoms with Gasteiger partial charge in [0.1, 0.15) is 18.1 Å². The van der Waals surface area contributed by atoms with Gasteiger partial charge in [0.15, 0.2) is 0 Å². The zero-order chi connectivity index (χ0) is 23.3. The van der Waals surface area contributed by atoms with Crippen LogP contribution in [0, 0.1) is 0 Å². The molecule has 1 aromatic heterocycles. The maximum absolute atomic E-state index is 12.4. The quantitative estimate of drug-likeness (QED) is 0.499. The minimum atomic E-state index is -4.80. The number of rotatable bonds is 7. The third-order valence-corrected chi connectivity index (χ3v) is 4.31. The maximum Gasteiger partial charge on any atom is 0.573 e. The molecule has 2 aromatic carbocycles. The second-order valence-electron chi connectivity index (χ2n) is 6.31. The minimum absolute atomic E-state index is 0.0852. The zero-order valence-corrected chi connectivity index (χ0v) is 16.8. The summed E-state index contributed by atoms with van der Waals surface area (Å²) in [5.74, 6) is -2.12. The molecule has 0 unspecified atom stereocenters. The molecule has 166 valence electrons. The summed E-state index contributed by atoms with van der Waals surface area (Å²) in [6, 6.07) is 10.8. The van der Waals surface area contributed by atoms with Crippen molar-refractivity contribution in [2.24, 2.45) is 0 Å². The van der Waals surface area contributed by atoms with E-state index in [4.69, 9.17) is 16.3 Å². The molecule has 0 spiro atoms. The number of halogens is 4. The Morgan fingerprint density at radius 1 is 1.09 bits per heavy atom. The molecular weight excluding hydrogens is 453 g/mol. The number of benzene rings is 2. The van der Waals surface area contributed by atoms with Crippen LogP contribution < -0.4 is 14.8 Å². The fourth-order valence-electron chi connectivity index (χ4n) is 2.65. The summed E-state index contributed by atoms with van der Waals surface area (Å²) in [5.41, 5.74) is 0.351. The Hall–Kier alpha value is -3.79. The van der Waals surface area contributed by atoms with Crippen molar-refractivity contribution in [3.05, 3.63) is 82.6 Å². The van der Waals surface area contributed by atoms with E-state index in [0.717, 1.165) is 6.20 Å². The molecule has 0 bridgehead atoms. The summed E-state index contributed by atoms with van der Waals surface area (Å²) >= 11 is 6.17. The third kappa shape index (κ3) is 6.11. The van der Waals surface area contributed by atoms with Gasteiger partial charge in [-0.05, 0) is 42.0 Å². The van der Waals surface area contributed by atoms with Crippen molar-refractivity contribution in [3.8, 4) is 11.5 Å². The number of carbonyl (C=O) groups is 2. The van der Waals surface area contributed by atoms with Gasteiger partial charge < -0.3 is 19.9 Å². The van der Waals surface area contributed by atoms with E-state index in [-0.39, 0.29) is 39.9 Å². The molecule has 3 rings (SSSR count). The zero-order valence-electron chi connectivity index (χ0n) is 16.0. The van der Waals surface area contributed by atoms with Crippen molar-refractivity contribution in [2.75, 3.05) is 5.32 Å². The first kappa shape index (κ1) is 22.9. The normalized spacial score (nSPS) is 11.0. The van der Waals surface area contributed by atoms with Crippen LogP contribution in [0.2, 0.25) is 5.02 Å². The highest BCUT2D eigenvalue weighted by atomic mass is 35.5. The van der Waals surface area contributed by atoms with Crippen molar-refractivity contribution in [1.82, 2.24) is 4.98 Å². The number of nitrogens with one attached hydrogen (secondary N) is 1. The monoisotopic (exact) mass is 466 g/mol. The summed E-state index contributed by atoms with van der Waals surface area (Å²) < 4.78 is 46.4. The first-order chi connectivity index (χ1) is 15.1. The molecule has 1 amide bonds. The van der Waals surface area contributed by atoms with E-state index in [0.29, 0.717) is 5.56 Å². The number of nitrogens with zero attached hydrogens (tertiary/aromatic N) is 1. The lowest BCUT2D eigenvalue weighted by Crippen LogP contribution is -2.17. The fraction of sp³-hybridized carbons (Fsp3) is 0.0952. The number of hydrogen-bond donors (Lipinski definition) is 2. The first-order valence-corrected chi connectivity index (χ1v) is 9.26. The Kier molecular flexibility index (Phi) is 6.84. The average Bonchev–Trinajstić information content (AvgIpc) is 2.72. The molecule has 0 fully saturated rings. The summed E-state index contributed by atoms with van der Waals surface area (Å²) in [4.78, 5) is 27.4. The van der Waals surface area contributed by atoms with E-state index in [2.05, 4.69) is 15.0 Å². The molecule has 11 heteroatoms. The topological polar surface area (TPSA) is 97.8 Å². The standard InChI is InChI=1S/C21H14ClF3N2O5/c22-17-9-13(27-19(28)16-10-26-7-6-15(16)20(29)30)4-5-18(17)31-11-12-2-1-3-14(8-12)32-21(23,24)25/h1-10H,11H2,(H,27,28)(H,29,30). The molecule has 0 radical (unpaired) electrons. The number of alkyl halides is 3. The van der Waals surface area contributed by atoms with Crippen molar-refractivity contribution in [3.63, 3.8) is 0 Å². The highest BCUT2D eigenvalue weighted by Crippen LogP contribution is 2.29. The molecule has 0 aliphatic rings. The molecule has 7 nitrogen and oxygen atoms in total. The number of carbonyl (C=O) groups excluding carboxylic acids is 1. The number of anilines is 1. The van der Waals surface area contributed by atoms with Gasteiger partial charge in [-0.3, -0.25) is 9.78 Å². The van der Waals surface area contributed by atoms with Crippen LogP contribution >= 0.6 is 11.6 Å². The molecule has 1 heterocycles. The van der Waals surface area contributed by atoms with Gasteiger partial charge in [0.2, 0.25) is 0 Å². The number of hydrogen-bond acceptors (Lipinski definition) is 5. The van der Waals surface area contributed by atoms with Crippen LogP contribution in [-0.2, 0) is 6.61 Å². The van der Waals surface area contributed by atoms with Crippen LogP contribution in [0.5, 0.6) is 11.5 Å². The number of ether oxygens (including phenoxy) is 2. The summed E-state index contributed by atoms with van der Waals surface area (Å²) in [6.45, 7) is -0.0852. The SMILES string of the molecule is O=C(O)c1ccncc1C(=O)Nc1ccc(OCc2cccc(OC(F)(F)F)c2)c(Cl)c1. The fourth-order valence-corrected chi connectivity index (χ4v) is 2.88. The van der Waals surface area contributed by atoms with E-state index in [9.17, 15) is 27.9 Å². The van der Waals surface area contributed by atoms with Crippen molar-refractivity contribution in [2.45, 2.75) is 13.0 Å². The lowest BCUT2D eigenvalue weighted by atomic mass is 10.1. The smallest absolute Gasteiger partial charge is 0.487 e. The van der Waals surface area contributed by atoms with E-state index in [1.807, 2.05) is 0 Å². The lowest BCUT2D eigenvalue weighted by Gasteiger charge is -2.12. The minimum Gasteiger partial charge on any atom is -0.487 e.